The first-order chi connectivity index (χ1) is 28.7. The van der Waals surface area contributed by atoms with E-state index in [0.717, 1.165) is 94.0 Å². The summed E-state index contributed by atoms with van der Waals surface area (Å²) < 4.78 is 52.5. The molecule has 1 fully saturated rings. The summed E-state index contributed by atoms with van der Waals surface area (Å²) in [5, 5.41) is 0. The summed E-state index contributed by atoms with van der Waals surface area (Å²) in [5.41, 5.74) is 11.8. The molecular weight excluding hydrogens is 760 g/mol. The third-order valence-electron chi connectivity index (χ3n) is 11.4. The molecule has 0 amide bonds. The lowest BCUT2D eigenvalue weighted by Crippen LogP contribution is -2.32. The van der Waals surface area contributed by atoms with Crippen LogP contribution in [0.25, 0.3) is 28.3 Å². The minimum atomic E-state index is -4.69. The Kier molecular flexibility index (Phi) is 16.2. The molecule has 1 aliphatic rings. The Morgan fingerprint density at radius 2 is 1.48 bits per heavy atom. The van der Waals surface area contributed by atoms with E-state index in [1.54, 1.807) is 39.4 Å². The molecule has 0 aromatic heterocycles. The van der Waals surface area contributed by atoms with Gasteiger partial charge in [-0.2, -0.15) is 0 Å². The lowest BCUT2D eigenvalue weighted by Gasteiger charge is -2.30. The van der Waals surface area contributed by atoms with E-state index < -0.39 is 6.36 Å². The maximum absolute atomic E-state index is 12.5. The summed E-state index contributed by atoms with van der Waals surface area (Å²) >= 11 is 0. The third-order valence-corrected chi connectivity index (χ3v) is 11.4. The second kappa shape index (κ2) is 21.3. The number of piperidine rings is 1. The van der Waals surface area contributed by atoms with Gasteiger partial charge in [-0.25, -0.2) is 0 Å². The highest BCUT2D eigenvalue weighted by Crippen LogP contribution is 2.38. The van der Waals surface area contributed by atoms with Gasteiger partial charge in [-0.3, -0.25) is 9.69 Å². The molecule has 0 spiro atoms. The summed E-state index contributed by atoms with van der Waals surface area (Å²) in [6.07, 6.45) is 3.22. The number of likely N-dealkylation sites (tertiary alicyclic amines) is 1. The number of Topliss-reactive ketones (excluding diaryl/α,β-unsaturated/α-hetero) is 1. The fourth-order valence-electron chi connectivity index (χ4n) is 8.22. The molecule has 60 heavy (non-hydrogen) atoms. The number of halogens is 3. The van der Waals surface area contributed by atoms with Crippen molar-refractivity contribution in [1.82, 2.24) is 4.90 Å². The molecule has 0 N–H and O–H groups in total. The fourth-order valence-corrected chi connectivity index (χ4v) is 8.22. The van der Waals surface area contributed by atoms with Gasteiger partial charge in [0, 0.05) is 12.1 Å². The second-order valence-corrected chi connectivity index (χ2v) is 15.9. The van der Waals surface area contributed by atoms with Crippen molar-refractivity contribution in [2.45, 2.75) is 92.0 Å². The fraction of sp³-hybridized carbons (Fsp3) is 0.365. The Morgan fingerprint density at radius 1 is 0.850 bits per heavy atom. The molecule has 8 heteroatoms. The van der Waals surface area contributed by atoms with Crippen LogP contribution in [0.1, 0.15) is 103 Å². The van der Waals surface area contributed by atoms with Crippen LogP contribution >= 0.6 is 0 Å². The number of alkyl halides is 3. The molecular formula is C52H60F3NO4. The number of methoxy groups -OCH3 is 2. The lowest BCUT2D eigenvalue weighted by atomic mass is 9.88. The summed E-state index contributed by atoms with van der Waals surface area (Å²) in [6, 6.07) is 31.7. The summed E-state index contributed by atoms with van der Waals surface area (Å²) in [6.45, 7) is 17.5. The monoisotopic (exact) mass is 819 g/mol. The van der Waals surface area contributed by atoms with Gasteiger partial charge in [0.2, 0.25) is 0 Å². The van der Waals surface area contributed by atoms with E-state index in [1.165, 1.54) is 49.2 Å². The topological polar surface area (TPSA) is 48.0 Å². The zero-order chi connectivity index (χ0) is 43.4. The molecule has 0 saturated carbocycles. The quantitative estimate of drug-likeness (QED) is 0.0985. The smallest absolute Gasteiger partial charge is 0.493 e. The number of carbonyl (C=O) groups excluding carboxylic acids is 1. The minimum absolute atomic E-state index is 0.0945. The van der Waals surface area contributed by atoms with Crippen LogP contribution in [0.5, 0.6) is 17.2 Å². The summed E-state index contributed by atoms with van der Waals surface area (Å²) in [5.74, 6) is 2.41. The van der Waals surface area contributed by atoms with Gasteiger partial charge >= 0.3 is 6.36 Å². The van der Waals surface area contributed by atoms with Crippen molar-refractivity contribution < 1.29 is 32.2 Å². The van der Waals surface area contributed by atoms with Crippen molar-refractivity contribution >= 4 is 11.9 Å². The number of nitrogens with zero attached hydrogens (tertiary/aromatic N) is 1. The Bertz CT molecular complexity index is 2200. The first-order valence-electron chi connectivity index (χ1n) is 21.0. The molecule has 0 radical (unpaired) electrons. The molecule has 6 rings (SSSR count). The maximum atomic E-state index is 12.5. The number of hydrogen-bond donors (Lipinski definition) is 0. The van der Waals surface area contributed by atoms with Crippen LogP contribution in [0, 0.1) is 12.8 Å². The van der Waals surface area contributed by atoms with Crippen molar-refractivity contribution in [1.29, 1.82) is 0 Å². The molecule has 318 valence electrons. The molecule has 5 aromatic rings. The Labute approximate surface area is 355 Å². The van der Waals surface area contributed by atoms with Crippen LogP contribution < -0.4 is 14.2 Å². The first kappa shape index (κ1) is 45.7. The second-order valence-electron chi connectivity index (χ2n) is 15.9. The van der Waals surface area contributed by atoms with Gasteiger partial charge in [0.05, 0.1) is 14.2 Å². The number of rotatable bonds is 15. The van der Waals surface area contributed by atoms with Gasteiger partial charge in [0.15, 0.2) is 17.3 Å². The molecule has 0 aliphatic carbocycles. The molecule has 0 bridgehead atoms. The molecule has 5 aromatic carbocycles. The predicted molar refractivity (Wildman–Crippen MR) is 239 cm³/mol. The molecule has 1 unspecified atom stereocenters. The summed E-state index contributed by atoms with van der Waals surface area (Å²) in [4.78, 5) is 14.5. The van der Waals surface area contributed by atoms with E-state index in [1.807, 2.05) is 19.1 Å². The van der Waals surface area contributed by atoms with Crippen LogP contribution in [-0.4, -0.2) is 44.4 Å². The van der Waals surface area contributed by atoms with Crippen molar-refractivity contribution in [3.63, 3.8) is 0 Å². The van der Waals surface area contributed by atoms with Gasteiger partial charge in [0.1, 0.15) is 5.75 Å². The highest BCUT2D eigenvalue weighted by atomic mass is 19.4. The summed E-state index contributed by atoms with van der Waals surface area (Å²) in [7, 11) is 3.30. The van der Waals surface area contributed by atoms with Gasteiger partial charge < -0.3 is 14.2 Å². The number of ether oxygens (including phenoxy) is 3. The SMILES string of the molecule is C=Cc1cc(-c2cccc(CN3CCC(C)CC3)c2)cc(C)c1C(C)=O.CCCc1cc(-c2cccc(CC(CC)c3ccc(OC(F)(F)F)cc3)c2)cc(OC)c1OC. The van der Waals surface area contributed by atoms with Crippen LogP contribution in [0.15, 0.2) is 104 Å². The number of aryl methyl sites for hydroxylation is 2. The maximum Gasteiger partial charge on any atom is 0.573 e. The van der Waals surface area contributed by atoms with Crippen molar-refractivity contribution in [2.75, 3.05) is 27.3 Å². The average Bonchev–Trinajstić information content (AvgIpc) is 3.23. The van der Waals surface area contributed by atoms with Gasteiger partial charge in [-0.15, -0.1) is 13.2 Å². The molecule has 1 aliphatic heterocycles. The van der Waals surface area contributed by atoms with Crippen LogP contribution in [-0.2, 0) is 19.4 Å². The highest BCUT2D eigenvalue weighted by molar-refractivity contribution is 6.00. The highest BCUT2D eigenvalue weighted by Gasteiger charge is 2.31. The minimum Gasteiger partial charge on any atom is -0.493 e. The predicted octanol–water partition coefficient (Wildman–Crippen LogP) is 13.7. The Morgan fingerprint density at radius 3 is 2.05 bits per heavy atom. The van der Waals surface area contributed by atoms with E-state index >= 15 is 0 Å². The largest absolute Gasteiger partial charge is 0.573 e. The number of carbonyl (C=O) groups is 1. The van der Waals surface area contributed by atoms with Crippen molar-refractivity contribution in [3.05, 3.63) is 143 Å². The number of ketones is 1. The zero-order valence-corrected chi connectivity index (χ0v) is 36.3. The van der Waals surface area contributed by atoms with E-state index in [-0.39, 0.29) is 17.5 Å². The van der Waals surface area contributed by atoms with E-state index in [9.17, 15) is 18.0 Å². The first-order valence-corrected chi connectivity index (χ1v) is 21.0. The van der Waals surface area contributed by atoms with Crippen LogP contribution in [0.4, 0.5) is 13.2 Å². The molecule has 1 atom stereocenters. The van der Waals surface area contributed by atoms with Crippen molar-refractivity contribution in [2.24, 2.45) is 5.92 Å². The molecule has 1 heterocycles. The third kappa shape index (κ3) is 12.4. The van der Waals surface area contributed by atoms with E-state index in [0.29, 0.717) is 5.75 Å². The lowest BCUT2D eigenvalue weighted by molar-refractivity contribution is -0.274. The Balaban J connectivity index is 0.000000236. The van der Waals surface area contributed by atoms with Crippen LogP contribution in [0.2, 0.25) is 0 Å². The van der Waals surface area contributed by atoms with Gasteiger partial charge in [0.25, 0.3) is 0 Å². The standard InChI is InChI=1S/C28H31F3O3.C24H29NO/c1-5-8-23-17-24(18-26(32-3)27(23)33-4)22-10-7-9-19(16-22)15-20(6-2)21-11-13-25(14-12-21)34-28(29,30)31;1-5-21-15-23(13-18(3)24(21)19(4)26)22-8-6-7-20(14-22)16-25-11-9-17(2)10-12-25/h7,9-14,16-18,20H,5-6,8,15H2,1-4H3;5-8,13-15,17H,1,9-12,16H2,2-4H3. The zero-order valence-electron chi connectivity index (χ0n) is 36.3. The average molecular weight is 820 g/mol. The molecule has 1 saturated heterocycles. The number of hydrogen-bond acceptors (Lipinski definition) is 5. The van der Waals surface area contributed by atoms with Crippen LogP contribution in [0.3, 0.4) is 0 Å². The van der Waals surface area contributed by atoms with Gasteiger partial charge in [-0.05, 0) is 163 Å². The van der Waals surface area contributed by atoms with Crippen molar-refractivity contribution in [3.8, 4) is 39.5 Å². The molecule has 5 nitrogen and oxygen atoms in total. The Hall–Kier alpha value is -5.34. The van der Waals surface area contributed by atoms with E-state index in [4.69, 9.17) is 9.47 Å². The van der Waals surface area contributed by atoms with E-state index in [2.05, 4.69) is 97.7 Å². The van der Waals surface area contributed by atoms with Gasteiger partial charge in [-0.1, -0.05) is 101 Å². The number of benzene rings is 5. The normalized spacial score (nSPS) is 13.8.